The second kappa shape index (κ2) is 4.10. The summed E-state index contributed by atoms with van der Waals surface area (Å²) in [6.07, 6.45) is 0. The molecule has 0 aliphatic heterocycles. The van der Waals surface area contributed by atoms with Gasteiger partial charge in [-0.1, -0.05) is 34.1 Å². The molecule has 78 valence electrons. The van der Waals surface area contributed by atoms with Gasteiger partial charge in [0.1, 0.15) is 0 Å². The molecule has 0 aliphatic rings. The monoisotopic (exact) mass is 329 g/mol. The summed E-state index contributed by atoms with van der Waals surface area (Å²) in [4.78, 5) is 14.8. The SMILES string of the molecule is CC(Br)C(=O)c1[nH]c2ccccc2c1Br. The van der Waals surface area contributed by atoms with Gasteiger partial charge in [0.15, 0.2) is 5.78 Å². The maximum absolute atomic E-state index is 11.8. The second-order valence-corrected chi connectivity index (χ2v) is 5.51. The first-order chi connectivity index (χ1) is 7.11. The van der Waals surface area contributed by atoms with Gasteiger partial charge in [-0.3, -0.25) is 4.79 Å². The van der Waals surface area contributed by atoms with E-state index in [9.17, 15) is 4.79 Å². The first-order valence-electron chi connectivity index (χ1n) is 4.55. The van der Waals surface area contributed by atoms with E-state index in [0.717, 1.165) is 15.4 Å². The van der Waals surface area contributed by atoms with Gasteiger partial charge in [0.2, 0.25) is 0 Å². The number of nitrogens with one attached hydrogen (secondary N) is 1. The van der Waals surface area contributed by atoms with E-state index in [4.69, 9.17) is 0 Å². The van der Waals surface area contributed by atoms with Gasteiger partial charge in [-0.05, 0) is 28.9 Å². The maximum Gasteiger partial charge on any atom is 0.193 e. The van der Waals surface area contributed by atoms with E-state index >= 15 is 0 Å². The number of aromatic amines is 1. The quantitative estimate of drug-likeness (QED) is 0.657. The Morgan fingerprint density at radius 3 is 2.67 bits per heavy atom. The summed E-state index contributed by atoms with van der Waals surface area (Å²) in [6.45, 7) is 1.82. The minimum absolute atomic E-state index is 0.0538. The van der Waals surface area contributed by atoms with Crippen molar-refractivity contribution < 1.29 is 4.79 Å². The third kappa shape index (κ3) is 1.88. The fourth-order valence-corrected chi connectivity index (χ4v) is 2.35. The molecule has 1 unspecified atom stereocenters. The second-order valence-electron chi connectivity index (χ2n) is 3.34. The lowest BCUT2D eigenvalue weighted by molar-refractivity contribution is 0.0991. The molecule has 1 atom stereocenters. The number of ketones is 1. The number of hydrogen-bond acceptors (Lipinski definition) is 1. The summed E-state index contributed by atoms with van der Waals surface area (Å²) in [5.74, 6) is 0.0538. The van der Waals surface area contributed by atoms with Crippen LogP contribution in [0.4, 0.5) is 0 Å². The number of aromatic nitrogens is 1. The van der Waals surface area contributed by atoms with E-state index in [-0.39, 0.29) is 10.6 Å². The van der Waals surface area contributed by atoms with E-state index in [0.29, 0.717) is 5.69 Å². The molecule has 0 spiro atoms. The van der Waals surface area contributed by atoms with Gasteiger partial charge in [0.05, 0.1) is 15.0 Å². The first kappa shape index (κ1) is 10.9. The summed E-state index contributed by atoms with van der Waals surface area (Å²) < 4.78 is 0.842. The third-order valence-electron chi connectivity index (χ3n) is 2.25. The van der Waals surface area contributed by atoms with Gasteiger partial charge in [0.25, 0.3) is 0 Å². The number of carbonyl (C=O) groups excluding carboxylic acids is 1. The molecule has 15 heavy (non-hydrogen) atoms. The third-order valence-corrected chi connectivity index (χ3v) is 3.49. The predicted octanol–water partition coefficient (Wildman–Crippen LogP) is 3.90. The molecule has 4 heteroatoms. The van der Waals surface area contributed by atoms with Crippen LogP contribution in [-0.2, 0) is 0 Å². The van der Waals surface area contributed by atoms with E-state index in [1.165, 1.54) is 0 Å². The van der Waals surface area contributed by atoms with Gasteiger partial charge >= 0.3 is 0 Å². The number of carbonyl (C=O) groups is 1. The van der Waals surface area contributed by atoms with Crippen molar-refractivity contribution in [2.45, 2.75) is 11.8 Å². The molecule has 0 amide bonds. The molecule has 0 saturated carbocycles. The van der Waals surface area contributed by atoms with Crippen molar-refractivity contribution in [2.24, 2.45) is 0 Å². The fourth-order valence-electron chi connectivity index (χ4n) is 1.48. The number of Topliss-reactive ketones (excluding diaryl/α,β-unsaturated/α-hetero) is 1. The lowest BCUT2D eigenvalue weighted by atomic mass is 10.2. The van der Waals surface area contributed by atoms with Crippen LogP contribution in [-0.4, -0.2) is 15.6 Å². The number of alkyl halides is 1. The van der Waals surface area contributed by atoms with Gasteiger partial charge in [-0.25, -0.2) is 0 Å². The van der Waals surface area contributed by atoms with Crippen molar-refractivity contribution >= 4 is 48.5 Å². The van der Waals surface area contributed by atoms with Gasteiger partial charge in [-0.2, -0.15) is 0 Å². The number of rotatable bonds is 2. The zero-order valence-electron chi connectivity index (χ0n) is 8.05. The molecule has 0 fully saturated rings. The zero-order valence-corrected chi connectivity index (χ0v) is 11.2. The fraction of sp³-hybridized carbons (Fsp3) is 0.182. The molecule has 2 aromatic rings. The van der Waals surface area contributed by atoms with Crippen LogP contribution in [0.5, 0.6) is 0 Å². The van der Waals surface area contributed by atoms with Crippen molar-refractivity contribution in [3.8, 4) is 0 Å². The zero-order chi connectivity index (χ0) is 11.0. The van der Waals surface area contributed by atoms with Gasteiger partial charge in [-0.15, -0.1) is 0 Å². The average Bonchev–Trinajstić information content (AvgIpc) is 2.56. The van der Waals surface area contributed by atoms with Crippen molar-refractivity contribution in [2.75, 3.05) is 0 Å². The first-order valence-corrected chi connectivity index (χ1v) is 6.26. The number of para-hydroxylation sites is 1. The molecule has 1 N–H and O–H groups in total. The average molecular weight is 331 g/mol. The Morgan fingerprint density at radius 2 is 2.07 bits per heavy atom. The molecule has 1 aromatic heterocycles. The molecule has 0 saturated heterocycles. The summed E-state index contributed by atoms with van der Waals surface area (Å²) in [7, 11) is 0. The Kier molecular flexibility index (Phi) is 2.98. The summed E-state index contributed by atoms with van der Waals surface area (Å²) in [5.41, 5.74) is 1.60. The van der Waals surface area contributed by atoms with Crippen LogP contribution in [0, 0.1) is 0 Å². The largest absolute Gasteiger partial charge is 0.351 e. The summed E-state index contributed by atoms with van der Waals surface area (Å²) >= 11 is 6.73. The Labute approximate surface area is 104 Å². The normalized spacial score (nSPS) is 13.0. The lowest BCUT2D eigenvalue weighted by Crippen LogP contribution is -2.10. The van der Waals surface area contributed by atoms with E-state index in [2.05, 4.69) is 36.8 Å². The van der Waals surface area contributed by atoms with Crippen LogP contribution in [0.25, 0.3) is 10.9 Å². The van der Waals surface area contributed by atoms with E-state index < -0.39 is 0 Å². The van der Waals surface area contributed by atoms with Crippen LogP contribution in [0.1, 0.15) is 17.4 Å². The molecule has 1 heterocycles. The van der Waals surface area contributed by atoms with Crippen molar-refractivity contribution in [1.29, 1.82) is 0 Å². The number of hydrogen-bond donors (Lipinski definition) is 1. The minimum Gasteiger partial charge on any atom is -0.351 e. The highest BCUT2D eigenvalue weighted by atomic mass is 79.9. The smallest absolute Gasteiger partial charge is 0.193 e. The van der Waals surface area contributed by atoms with Crippen molar-refractivity contribution in [1.82, 2.24) is 4.98 Å². The predicted molar refractivity (Wildman–Crippen MR) is 68.7 cm³/mol. The van der Waals surface area contributed by atoms with Gasteiger partial charge in [0, 0.05) is 10.9 Å². The minimum atomic E-state index is -0.179. The highest BCUT2D eigenvalue weighted by Gasteiger charge is 2.18. The summed E-state index contributed by atoms with van der Waals surface area (Å²) in [5, 5.41) is 1.04. The number of H-pyrrole nitrogens is 1. The van der Waals surface area contributed by atoms with Crippen LogP contribution in [0.2, 0.25) is 0 Å². The van der Waals surface area contributed by atoms with Crippen LogP contribution in [0.15, 0.2) is 28.7 Å². The van der Waals surface area contributed by atoms with Crippen LogP contribution in [0.3, 0.4) is 0 Å². The topological polar surface area (TPSA) is 32.9 Å². The molecule has 0 radical (unpaired) electrons. The molecule has 0 bridgehead atoms. The highest BCUT2D eigenvalue weighted by molar-refractivity contribution is 9.10. The van der Waals surface area contributed by atoms with E-state index in [1.54, 1.807) is 0 Å². The van der Waals surface area contributed by atoms with E-state index in [1.807, 2.05) is 31.2 Å². The maximum atomic E-state index is 11.8. The molecular weight excluding hydrogens is 322 g/mol. The Hall–Kier alpha value is -0.610. The summed E-state index contributed by atoms with van der Waals surface area (Å²) in [6, 6.07) is 7.82. The Morgan fingerprint density at radius 1 is 1.40 bits per heavy atom. The van der Waals surface area contributed by atoms with Crippen LogP contribution < -0.4 is 0 Å². The molecular formula is C11H9Br2NO. The number of fused-ring (bicyclic) bond motifs is 1. The van der Waals surface area contributed by atoms with Crippen molar-refractivity contribution in [3.05, 3.63) is 34.4 Å². The standard InChI is InChI=1S/C11H9Br2NO/c1-6(12)11(15)10-9(13)7-4-2-3-5-8(7)14-10/h2-6,14H,1H3. The van der Waals surface area contributed by atoms with Crippen molar-refractivity contribution in [3.63, 3.8) is 0 Å². The molecule has 1 aromatic carbocycles. The number of benzene rings is 1. The van der Waals surface area contributed by atoms with Crippen LogP contribution >= 0.6 is 31.9 Å². The molecule has 2 rings (SSSR count). The Bertz CT molecular complexity index is 516. The lowest BCUT2D eigenvalue weighted by Gasteiger charge is -1.99. The van der Waals surface area contributed by atoms with Gasteiger partial charge < -0.3 is 4.98 Å². The molecule has 2 nitrogen and oxygen atoms in total. The Balaban J connectivity index is 2.63. The number of halogens is 2. The molecule has 0 aliphatic carbocycles. The highest BCUT2D eigenvalue weighted by Crippen LogP contribution is 2.29.